The number of hydrogen-bond donors (Lipinski definition) is 0. The summed E-state index contributed by atoms with van der Waals surface area (Å²) in [6.45, 7) is 4.49. The van der Waals surface area contributed by atoms with E-state index in [9.17, 15) is 0 Å². The highest BCUT2D eigenvalue weighted by molar-refractivity contribution is 7.22. The average Bonchev–Trinajstić information content (AvgIpc) is 3.14. The van der Waals surface area contributed by atoms with Crippen LogP contribution in [0.25, 0.3) is 20.9 Å². The molecular weight excluding hydrogens is 308 g/mol. The largest absolute Gasteiger partial charge is 0.334 e. The van der Waals surface area contributed by atoms with E-state index < -0.39 is 0 Å². The van der Waals surface area contributed by atoms with Crippen LogP contribution in [0.3, 0.4) is 0 Å². The van der Waals surface area contributed by atoms with Gasteiger partial charge in [0.05, 0.1) is 4.88 Å². The topological polar surface area (TPSA) is 45.4 Å². The van der Waals surface area contributed by atoms with Crippen molar-refractivity contribution in [2.24, 2.45) is 0 Å². The zero-order valence-electron chi connectivity index (χ0n) is 12.8. The van der Waals surface area contributed by atoms with Gasteiger partial charge in [-0.3, -0.25) is 0 Å². The number of hydrogen-bond acceptors (Lipinski definition) is 6. The Morgan fingerprint density at radius 3 is 2.83 bits per heavy atom. The van der Waals surface area contributed by atoms with Crippen LogP contribution in [0.2, 0.25) is 0 Å². The normalized spacial score (nSPS) is 24.3. The summed E-state index contributed by atoms with van der Waals surface area (Å²) >= 11 is 1.71. The van der Waals surface area contributed by atoms with E-state index in [-0.39, 0.29) is 0 Å². The van der Waals surface area contributed by atoms with Crippen molar-refractivity contribution in [2.45, 2.75) is 18.9 Å². The maximum absolute atomic E-state index is 5.57. The second kappa shape index (κ2) is 5.32. The molecule has 0 N–H and O–H groups in total. The Kier molecular flexibility index (Phi) is 3.12. The van der Waals surface area contributed by atoms with Gasteiger partial charge in [-0.25, -0.2) is 0 Å². The summed E-state index contributed by atoms with van der Waals surface area (Å²) in [5.41, 5.74) is 0. The summed E-state index contributed by atoms with van der Waals surface area (Å²) in [7, 11) is 0. The van der Waals surface area contributed by atoms with Crippen molar-refractivity contribution in [1.29, 1.82) is 0 Å². The molecule has 0 saturated carbocycles. The molecule has 0 unspecified atom stereocenters. The maximum Gasteiger partial charge on any atom is 0.269 e. The highest BCUT2D eigenvalue weighted by Gasteiger charge is 2.31. The Labute approximate surface area is 138 Å². The monoisotopic (exact) mass is 326 g/mol. The quantitative estimate of drug-likeness (QED) is 0.723. The van der Waals surface area contributed by atoms with Gasteiger partial charge in [-0.2, -0.15) is 4.98 Å². The van der Waals surface area contributed by atoms with Crippen LogP contribution in [-0.4, -0.2) is 47.3 Å². The molecule has 5 nitrogen and oxygen atoms in total. The molecule has 3 aliphatic rings. The Balaban J connectivity index is 1.47. The highest BCUT2D eigenvalue weighted by Crippen LogP contribution is 2.34. The zero-order valence-corrected chi connectivity index (χ0v) is 13.6. The minimum Gasteiger partial charge on any atom is -0.334 e. The van der Waals surface area contributed by atoms with E-state index >= 15 is 0 Å². The highest BCUT2D eigenvalue weighted by atomic mass is 32.1. The minimum atomic E-state index is 0.557. The molecule has 23 heavy (non-hydrogen) atoms. The van der Waals surface area contributed by atoms with Crippen molar-refractivity contribution >= 4 is 27.4 Å². The van der Waals surface area contributed by atoms with E-state index in [1.54, 1.807) is 11.3 Å². The fraction of sp³-hybridized carbons (Fsp3) is 0.412. The van der Waals surface area contributed by atoms with Crippen LogP contribution in [0, 0.1) is 0 Å². The number of nitrogens with zero attached hydrogens (tertiary/aromatic N) is 4. The molecule has 0 spiro atoms. The molecule has 3 saturated heterocycles. The first kappa shape index (κ1) is 13.5. The van der Waals surface area contributed by atoms with Crippen LogP contribution in [0.5, 0.6) is 0 Å². The maximum atomic E-state index is 5.57. The molecule has 0 radical (unpaired) electrons. The van der Waals surface area contributed by atoms with Gasteiger partial charge >= 0.3 is 0 Å². The predicted molar refractivity (Wildman–Crippen MR) is 91.9 cm³/mol. The van der Waals surface area contributed by atoms with E-state index in [2.05, 4.69) is 45.3 Å². The van der Waals surface area contributed by atoms with Crippen LogP contribution < -0.4 is 4.90 Å². The predicted octanol–water partition coefficient (Wildman–Crippen LogP) is 3.24. The Morgan fingerprint density at radius 1 is 1.09 bits per heavy atom. The van der Waals surface area contributed by atoms with Crippen molar-refractivity contribution in [3.8, 4) is 10.8 Å². The zero-order chi connectivity index (χ0) is 15.2. The number of piperidine rings is 1. The Morgan fingerprint density at radius 2 is 1.96 bits per heavy atom. The molecule has 3 fully saturated rings. The lowest BCUT2D eigenvalue weighted by Gasteiger charge is -2.30. The van der Waals surface area contributed by atoms with Crippen LogP contribution in [-0.2, 0) is 0 Å². The summed E-state index contributed by atoms with van der Waals surface area (Å²) in [5, 5.41) is 5.50. The van der Waals surface area contributed by atoms with Gasteiger partial charge in [-0.15, -0.1) is 11.3 Å². The Bertz CT molecular complexity index is 801. The third-order valence-corrected chi connectivity index (χ3v) is 6.07. The minimum absolute atomic E-state index is 0.557. The van der Waals surface area contributed by atoms with Gasteiger partial charge in [-0.05, 0) is 35.5 Å². The number of anilines is 1. The van der Waals surface area contributed by atoms with E-state index in [1.807, 2.05) is 0 Å². The van der Waals surface area contributed by atoms with Crippen LogP contribution in [0.1, 0.15) is 12.8 Å². The number of aromatic nitrogens is 2. The van der Waals surface area contributed by atoms with Gasteiger partial charge in [0.25, 0.3) is 11.8 Å². The molecule has 118 valence electrons. The fourth-order valence-corrected chi connectivity index (χ4v) is 4.65. The summed E-state index contributed by atoms with van der Waals surface area (Å²) < 4.78 is 6.83. The molecule has 1 aromatic carbocycles. The Hall–Kier alpha value is -1.92. The molecule has 6 rings (SSSR count). The smallest absolute Gasteiger partial charge is 0.269 e. The molecule has 6 heteroatoms. The van der Waals surface area contributed by atoms with Crippen molar-refractivity contribution in [2.75, 3.05) is 31.1 Å². The molecule has 0 atom stereocenters. The summed E-state index contributed by atoms with van der Waals surface area (Å²) in [6.07, 6.45) is 2.40. The first-order chi connectivity index (χ1) is 11.4. The molecule has 5 heterocycles. The van der Waals surface area contributed by atoms with Crippen LogP contribution >= 0.6 is 11.3 Å². The first-order valence-corrected chi connectivity index (χ1v) is 9.00. The lowest BCUT2D eigenvalue weighted by molar-refractivity contribution is 0.250. The van der Waals surface area contributed by atoms with Gasteiger partial charge in [0.2, 0.25) is 0 Å². The lowest BCUT2D eigenvalue weighted by Crippen LogP contribution is -2.38. The molecule has 0 aliphatic carbocycles. The van der Waals surface area contributed by atoms with Crippen molar-refractivity contribution in [1.82, 2.24) is 15.0 Å². The number of thiophene rings is 1. The molecule has 2 aromatic heterocycles. The second-order valence-corrected chi connectivity index (χ2v) is 7.40. The number of rotatable bonds is 2. The van der Waals surface area contributed by atoms with Crippen LogP contribution in [0.4, 0.5) is 5.95 Å². The third-order valence-electron chi connectivity index (χ3n) is 4.96. The van der Waals surface area contributed by atoms with Gasteiger partial charge in [0, 0.05) is 36.9 Å². The van der Waals surface area contributed by atoms with E-state index in [0.717, 1.165) is 23.9 Å². The third kappa shape index (κ3) is 2.33. The summed E-state index contributed by atoms with van der Waals surface area (Å²) in [6, 6.07) is 11.1. The van der Waals surface area contributed by atoms with Gasteiger partial charge in [-0.1, -0.05) is 18.2 Å². The van der Waals surface area contributed by atoms with E-state index in [0.29, 0.717) is 11.9 Å². The SMILES string of the molecule is c1ccc2sc(-c3nc(N4CCN5CCC4CC5)no3)cc2c1. The van der Waals surface area contributed by atoms with Crippen molar-refractivity contribution < 1.29 is 4.52 Å². The van der Waals surface area contributed by atoms with E-state index in [4.69, 9.17) is 9.51 Å². The summed E-state index contributed by atoms with van der Waals surface area (Å²) in [5.74, 6) is 1.39. The lowest BCUT2D eigenvalue weighted by atomic mass is 10.1. The summed E-state index contributed by atoms with van der Waals surface area (Å²) in [4.78, 5) is 10.6. The second-order valence-electron chi connectivity index (χ2n) is 6.31. The average molecular weight is 326 g/mol. The molecular formula is C17H18N4OS. The standard InChI is InChI=1S/C17H18N4OS/c1-2-4-14-12(3-1)11-15(23-14)16-18-17(19-22-16)21-10-9-20-7-5-13(21)6-8-20/h1-4,11,13H,5-10H2. The van der Waals surface area contributed by atoms with Gasteiger partial charge in [0.1, 0.15) is 0 Å². The van der Waals surface area contributed by atoms with Crippen molar-refractivity contribution in [3.05, 3.63) is 30.3 Å². The molecule has 3 aromatic rings. The van der Waals surface area contributed by atoms with E-state index in [1.165, 1.54) is 36.0 Å². The number of benzene rings is 1. The number of fused-ring (bicyclic) bond motifs is 5. The van der Waals surface area contributed by atoms with Gasteiger partial charge in [0.15, 0.2) is 0 Å². The molecule has 2 bridgehead atoms. The molecule has 0 amide bonds. The first-order valence-electron chi connectivity index (χ1n) is 8.18. The fourth-order valence-electron chi connectivity index (χ4n) is 3.67. The van der Waals surface area contributed by atoms with Crippen molar-refractivity contribution in [3.63, 3.8) is 0 Å². The van der Waals surface area contributed by atoms with Gasteiger partial charge < -0.3 is 14.3 Å². The molecule has 3 aliphatic heterocycles. The van der Waals surface area contributed by atoms with Crippen LogP contribution in [0.15, 0.2) is 34.9 Å².